The predicted octanol–water partition coefficient (Wildman–Crippen LogP) is 1.50. The average Bonchev–Trinajstić information content (AvgIpc) is 2.19. The molecular weight excluding hydrogens is 198 g/mol. The van der Waals surface area contributed by atoms with E-state index in [2.05, 4.69) is 5.32 Å². The fraction of sp³-hybridized carbons (Fsp3) is 0.700. The molecule has 1 saturated heterocycles. The fourth-order valence-electron chi connectivity index (χ4n) is 1.37. The third-order valence-electron chi connectivity index (χ3n) is 2.37. The van der Waals surface area contributed by atoms with Gasteiger partial charge in [0, 0.05) is 18.2 Å². The van der Waals surface area contributed by atoms with E-state index in [0.717, 1.165) is 0 Å². The Labute approximate surface area is 89.0 Å². The fourth-order valence-corrected chi connectivity index (χ4v) is 2.47. The normalized spacial score (nSPS) is 19.6. The molecule has 0 aliphatic carbocycles. The largest absolute Gasteiger partial charge is 0.478 e. The topological polar surface area (TPSA) is 49.3 Å². The SMILES string of the molecule is CC(=CCNC1CCSCC1)C(=O)O. The van der Waals surface area contributed by atoms with Gasteiger partial charge in [-0.15, -0.1) is 0 Å². The molecule has 4 heteroatoms. The summed E-state index contributed by atoms with van der Waals surface area (Å²) in [5.74, 6) is 1.62. The predicted molar refractivity (Wildman–Crippen MR) is 59.7 cm³/mol. The molecule has 0 bridgehead atoms. The summed E-state index contributed by atoms with van der Waals surface area (Å²) < 4.78 is 0. The van der Waals surface area contributed by atoms with Gasteiger partial charge >= 0.3 is 5.97 Å². The van der Waals surface area contributed by atoms with Gasteiger partial charge in [-0.05, 0) is 31.3 Å². The third kappa shape index (κ3) is 4.15. The first-order valence-electron chi connectivity index (χ1n) is 4.91. The minimum absolute atomic E-state index is 0.419. The Kier molecular flexibility index (Phi) is 5.04. The van der Waals surface area contributed by atoms with Crippen LogP contribution in [-0.4, -0.2) is 35.2 Å². The second-order valence-corrected chi connectivity index (χ2v) is 4.71. The van der Waals surface area contributed by atoms with Crippen LogP contribution in [0.3, 0.4) is 0 Å². The first-order chi connectivity index (χ1) is 6.70. The van der Waals surface area contributed by atoms with Gasteiger partial charge in [-0.25, -0.2) is 4.79 Å². The van der Waals surface area contributed by atoms with Crippen molar-refractivity contribution in [3.8, 4) is 0 Å². The molecule has 0 spiro atoms. The molecule has 1 fully saturated rings. The summed E-state index contributed by atoms with van der Waals surface area (Å²) in [7, 11) is 0. The van der Waals surface area contributed by atoms with Crippen molar-refractivity contribution in [2.24, 2.45) is 0 Å². The maximum Gasteiger partial charge on any atom is 0.330 e. The summed E-state index contributed by atoms with van der Waals surface area (Å²) in [5, 5.41) is 12.0. The number of hydrogen-bond acceptors (Lipinski definition) is 3. The van der Waals surface area contributed by atoms with Gasteiger partial charge in [0.15, 0.2) is 0 Å². The Morgan fingerprint density at radius 2 is 2.21 bits per heavy atom. The van der Waals surface area contributed by atoms with E-state index in [-0.39, 0.29) is 0 Å². The van der Waals surface area contributed by atoms with E-state index in [1.165, 1.54) is 24.3 Å². The molecule has 2 N–H and O–H groups in total. The van der Waals surface area contributed by atoms with E-state index in [9.17, 15) is 4.79 Å². The number of rotatable bonds is 4. The van der Waals surface area contributed by atoms with Crippen LogP contribution < -0.4 is 5.32 Å². The first kappa shape index (κ1) is 11.6. The second kappa shape index (κ2) is 6.09. The summed E-state index contributed by atoms with van der Waals surface area (Å²) in [4.78, 5) is 10.5. The van der Waals surface area contributed by atoms with Crippen LogP contribution in [0.5, 0.6) is 0 Å². The van der Waals surface area contributed by atoms with Gasteiger partial charge in [0.25, 0.3) is 0 Å². The van der Waals surface area contributed by atoms with Crippen LogP contribution in [0.15, 0.2) is 11.6 Å². The number of carbonyl (C=O) groups is 1. The van der Waals surface area contributed by atoms with E-state index in [0.29, 0.717) is 18.2 Å². The van der Waals surface area contributed by atoms with Crippen molar-refractivity contribution in [2.75, 3.05) is 18.1 Å². The minimum Gasteiger partial charge on any atom is -0.478 e. The quantitative estimate of drug-likeness (QED) is 0.698. The number of thioether (sulfide) groups is 1. The Hall–Kier alpha value is -0.480. The molecular formula is C10H17NO2S. The van der Waals surface area contributed by atoms with Gasteiger partial charge in [-0.1, -0.05) is 6.08 Å². The van der Waals surface area contributed by atoms with E-state index in [4.69, 9.17) is 5.11 Å². The second-order valence-electron chi connectivity index (χ2n) is 3.49. The molecule has 0 aromatic rings. The van der Waals surface area contributed by atoms with Crippen molar-refractivity contribution in [3.63, 3.8) is 0 Å². The summed E-state index contributed by atoms with van der Waals surface area (Å²) in [6, 6.07) is 0.578. The maximum absolute atomic E-state index is 10.5. The molecule has 0 aromatic heterocycles. The molecule has 0 saturated carbocycles. The lowest BCUT2D eigenvalue weighted by atomic mass is 10.1. The molecule has 0 amide bonds. The summed E-state index contributed by atoms with van der Waals surface area (Å²) in [6.45, 7) is 2.30. The standard InChI is InChI=1S/C10H17NO2S/c1-8(10(12)13)2-5-11-9-3-6-14-7-4-9/h2,9,11H,3-7H2,1H3,(H,12,13). The molecule has 1 aliphatic rings. The number of carboxylic acids is 1. The van der Waals surface area contributed by atoms with E-state index in [1.54, 1.807) is 13.0 Å². The van der Waals surface area contributed by atoms with Crippen molar-refractivity contribution in [3.05, 3.63) is 11.6 Å². The van der Waals surface area contributed by atoms with Gasteiger partial charge in [-0.2, -0.15) is 11.8 Å². The lowest BCUT2D eigenvalue weighted by Gasteiger charge is -2.21. The van der Waals surface area contributed by atoms with Crippen LogP contribution in [0.25, 0.3) is 0 Å². The monoisotopic (exact) mass is 215 g/mol. The van der Waals surface area contributed by atoms with Crippen LogP contribution in [0.2, 0.25) is 0 Å². The highest BCUT2D eigenvalue weighted by Crippen LogP contribution is 2.16. The average molecular weight is 215 g/mol. The molecule has 14 heavy (non-hydrogen) atoms. The smallest absolute Gasteiger partial charge is 0.330 e. The number of carboxylic acid groups (broad SMARTS) is 1. The number of nitrogens with one attached hydrogen (secondary N) is 1. The molecule has 1 aliphatic heterocycles. The molecule has 0 aromatic carbocycles. The van der Waals surface area contributed by atoms with Crippen LogP contribution in [0.4, 0.5) is 0 Å². The minimum atomic E-state index is -0.828. The molecule has 3 nitrogen and oxygen atoms in total. The highest BCUT2D eigenvalue weighted by molar-refractivity contribution is 7.99. The zero-order valence-electron chi connectivity index (χ0n) is 8.45. The van der Waals surface area contributed by atoms with Crippen LogP contribution >= 0.6 is 11.8 Å². The van der Waals surface area contributed by atoms with Gasteiger partial charge < -0.3 is 10.4 Å². The molecule has 0 atom stereocenters. The summed E-state index contributed by atoms with van der Waals surface area (Å²) in [6.07, 6.45) is 4.14. The zero-order chi connectivity index (χ0) is 10.4. The molecule has 80 valence electrons. The summed E-state index contributed by atoms with van der Waals surface area (Å²) >= 11 is 1.99. The zero-order valence-corrected chi connectivity index (χ0v) is 9.27. The molecule has 0 radical (unpaired) electrons. The van der Waals surface area contributed by atoms with Crippen LogP contribution in [0, 0.1) is 0 Å². The van der Waals surface area contributed by atoms with Crippen LogP contribution in [-0.2, 0) is 4.79 Å². The van der Waals surface area contributed by atoms with Crippen molar-refractivity contribution in [1.82, 2.24) is 5.32 Å². The van der Waals surface area contributed by atoms with E-state index >= 15 is 0 Å². The lowest BCUT2D eigenvalue weighted by Crippen LogP contribution is -2.32. The molecule has 1 rings (SSSR count). The summed E-state index contributed by atoms with van der Waals surface area (Å²) in [5.41, 5.74) is 0.419. The molecule has 1 heterocycles. The van der Waals surface area contributed by atoms with E-state index < -0.39 is 5.97 Å². The van der Waals surface area contributed by atoms with Gasteiger partial charge in [0.05, 0.1) is 0 Å². The third-order valence-corrected chi connectivity index (χ3v) is 3.42. The highest BCUT2D eigenvalue weighted by Gasteiger charge is 2.11. The van der Waals surface area contributed by atoms with E-state index in [1.807, 2.05) is 11.8 Å². The van der Waals surface area contributed by atoms with Gasteiger partial charge in [0.1, 0.15) is 0 Å². The van der Waals surface area contributed by atoms with Crippen molar-refractivity contribution in [1.29, 1.82) is 0 Å². The molecule has 0 unspecified atom stereocenters. The maximum atomic E-state index is 10.5. The Morgan fingerprint density at radius 1 is 1.57 bits per heavy atom. The Morgan fingerprint density at radius 3 is 2.79 bits per heavy atom. The van der Waals surface area contributed by atoms with Crippen LogP contribution in [0.1, 0.15) is 19.8 Å². The van der Waals surface area contributed by atoms with Crippen molar-refractivity contribution in [2.45, 2.75) is 25.8 Å². The Balaban J connectivity index is 2.19. The lowest BCUT2D eigenvalue weighted by molar-refractivity contribution is -0.132. The van der Waals surface area contributed by atoms with Gasteiger partial charge in [0.2, 0.25) is 0 Å². The Bertz CT molecular complexity index is 222. The highest BCUT2D eigenvalue weighted by atomic mass is 32.2. The first-order valence-corrected chi connectivity index (χ1v) is 6.07. The van der Waals surface area contributed by atoms with Crippen molar-refractivity contribution >= 4 is 17.7 Å². The van der Waals surface area contributed by atoms with Gasteiger partial charge in [-0.3, -0.25) is 0 Å². The number of aliphatic carboxylic acids is 1. The van der Waals surface area contributed by atoms with Crippen molar-refractivity contribution < 1.29 is 9.90 Å². The number of hydrogen-bond donors (Lipinski definition) is 2.